The van der Waals surface area contributed by atoms with E-state index in [1.165, 1.54) is 49.7 Å². The van der Waals surface area contributed by atoms with Crippen molar-refractivity contribution in [2.75, 3.05) is 0 Å². The van der Waals surface area contributed by atoms with Gasteiger partial charge in [0.05, 0.1) is 11.7 Å². The molecule has 0 radical (unpaired) electrons. The molecule has 2 atom stereocenters. The molecule has 2 fully saturated rings. The van der Waals surface area contributed by atoms with Gasteiger partial charge in [0.15, 0.2) is 0 Å². The predicted molar refractivity (Wildman–Crippen MR) is 75.9 cm³/mol. The Kier molecular flexibility index (Phi) is 2.89. The Labute approximate surface area is 115 Å². The molecular weight excluding hydrogens is 234 g/mol. The molecular formula is C17H23NO. The lowest BCUT2D eigenvalue weighted by Crippen LogP contribution is -2.26. The highest BCUT2D eigenvalue weighted by atomic mass is 16.5. The molecule has 3 aliphatic rings. The molecule has 4 rings (SSSR count). The van der Waals surface area contributed by atoms with E-state index in [-0.39, 0.29) is 5.60 Å². The summed E-state index contributed by atoms with van der Waals surface area (Å²) in [5, 5.41) is 3.65. The third-order valence-corrected chi connectivity index (χ3v) is 5.32. The lowest BCUT2D eigenvalue weighted by atomic mass is 9.96. The van der Waals surface area contributed by atoms with Crippen molar-refractivity contribution in [3.05, 3.63) is 35.4 Å². The average molecular weight is 257 g/mol. The maximum Gasteiger partial charge on any atom is 0.0687 e. The number of fused-ring (bicyclic) bond motifs is 1. The summed E-state index contributed by atoms with van der Waals surface area (Å²) in [4.78, 5) is 0. The lowest BCUT2D eigenvalue weighted by molar-refractivity contribution is -0.0418. The molecule has 1 N–H and O–H groups in total. The van der Waals surface area contributed by atoms with Crippen LogP contribution in [0.5, 0.6) is 0 Å². The van der Waals surface area contributed by atoms with Crippen molar-refractivity contribution in [3.63, 3.8) is 0 Å². The Morgan fingerprint density at radius 3 is 2.89 bits per heavy atom. The maximum atomic E-state index is 6.45. The van der Waals surface area contributed by atoms with E-state index in [1.54, 1.807) is 0 Å². The Morgan fingerprint density at radius 2 is 2.00 bits per heavy atom. The highest BCUT2D eigenvalue weighted by Gasteiger charge is 2.42. The van der Waals surface area contributed by atoms with Crippen molar-refractivity contribution in [1.82, 2.24) is 5.32 Å². The van der Waals surface area contributed by atoms with E-state index in [2.05, 4.69) is 29.6 Å². The van der Waals surface area contributed by atoms with Crippen LogP contribution < -0.4 is 5.32 Å². The first-order valence-corrected chi connectivity index (χ1v) is 7.84. The number of benzene rings is 1. The van der Waals surface area contributed by atoms with Crippen LogP contribution in [0.3, 0.4) is 0 Å². The largest absolute Gasteiger partial charge is 0.372 e. The van der Waals surface area contributed by atoms with E-state index in [0.717, 1.165) is 13.0 Å². The summed E-state index contributed by atoms with van der Waals surface area (Å²) in [7, 11) is 0. The fraction of sp³-hybridized carbons (Fsp3) is 0.647. The van der Waals surface area contributed by atoms with Gasteiger partial charge in [0, 0.05) is 12.6 Å². The van der Waals surface area contributed by atoms with Crippen molar-refractivity contribution < 1.29 is 4.74 Å². The molecule has 1 saturated carbocycles. The van der Waals surface area contributed by atoms with Gasteiger partial charge in [-0.3, -0.25) is 0 Å². The standard InChI is InChI=1S/C17H23NO/c1-2-6-15-13(5-1)12-18-16(15)11-14-7-10-17(19-14)8-3-4-9-17/h1-2,5-6,14,16,18H,3-4,7-12H2. The zero-order valence-corrected chi connectivity index (χ0v) is 11.5. The van der Waals surface area contributed by atoms with E-state index < -0.39 is 0 Å². The maximum absolute atomic E-state index is 6.45. The van der Waals surface area contributed by atoms with Crippen molar-refractivity contribution in [3.8, 4) is 0 Å². The van der Waals surface area contributed by atoms with Crippen molar-refractivity contribution in [2.45, 2.75) is 69.2 Å². The van der Waals surface area contributed by atoms with Crippen LogP contribution in [-0.2, 0) is 11.3 Å². The average Bonchev–Trinajstić information content (AvgIpc) is 3.14. The van der Waals surface area contributed by atoms with E-state index in [0.29, 0.717) is 12.1 Å². The Morgan fingerprint density at radius 1 is 1.16 bits per heavy atom. The molecule has 19 heavy (non-hydrogen) atoms. The third-order valence-electron chi connectivity index (χ3n) is 5.32. The number of hydrogen-bond donors (Lipinski definition) is 1. The monoisotopic (exact) mass is 257 g/mol. The number of hydrogen-bond acceptors (Lipinski definition) is 2. The third kappa shape index (κ3) is 2.11. The van der Waals surface area contributed by atoms with Gasteiger partial charge in [0.2, 0.25) is 0 Å². The van der Waals surface area contributed by atoms with Gasteiger partial charge in [0.1, 0.15) is 0 Å². The molecule has 2 heteroatoms. The highest BCUT2D eigenvalue weighted by molar-refractivity contribution is 5.33. The zero-order chi connectivity index (χ0) is 12.7. The summed E-state index contributed by atoms with van der Waals surface area (Å²) in [6.07, 6.45) is 9.54. The summed E-state index contributed by atoms with van der Waals surface area (Å²) in [6, 6.07) is 9.34. The van der Waals surface area contributed by atoms with E-state index >= 15 is 0 Å². The molecule has 1 spiro atoms. The summed E-state index contributed by atoms with van der Waals surface area (Å²) in [5.41, 5.74) is 3.25. The van der Waals surface area contributed by atoms with Crippen LogP contribution in [0, 0.1) is 0 Å². The first kappa shape index (κ1) is 11.9. The topological polar surface area (TPSA) is 21.3 Å². The zero-order valence-electron chi connectivity index (χ0n) is 11.5. The molecule has 102 valence electrons. The van der Waals surface area contributed by atoms with Crippen LogP contribution >= 0.6 is 0 Å². The first-order chi connectivity index (χ1) is 9.35. The molecule has 2 unspecified atom stereocenters. The minimum Gasteiger partial charge on any atom is -0.372 e. The second-order valence-corrected chi connectivity index (χ2v) is 6.54. The fourth-order valence-electron chi connectivity index (χ4n) is 4.30. The summed E-state index contributed by atoms with van der Waals surface area (Å²) in [5.74, 6) is 0. The van der Waals surface area contributed by atoms with E-state index in [1.807, 2.05) is 0 Å². The summed E-state index contributed by atoms with van der Waals surface area (Å²) in [6.45, 7) is 1.03. The minimum atomic E-state index is 0.281. The molecule has 1 aliphatic carbocycles. The van der Waals surface area contributed by atoms with Crippen LogP contribution in [0.2, 0.25) is 0 Å². The van der Waals surface area contributed by atoms with Gasteiger partial charge in [-0.05, 0) is 43.2 Å². The van der Waals surface area contributed by atoms with Gasteiger partial charge in [-0.2, -0.15) is 0 Å². The van der Waals surface area contributed by atoms with Crippen LogP contribution in [0.25, 0.3) is 0 Å². The second-order valence-electron chi connectivity index (χ2n) is 6.54. The van der Waals surface area contributed by atoms with Crippen LogP contribution in [0.4, 0.5) is 0 Å². The second kappa shape index (κ2) is 4.60. The van der Waals surface area contributed by atoms with Gasteiger partial charge >= 0.3 is 0 Å². The molecule has 0 bridgehead atoms. The molecule has 1 saturated heterocycles. The molecule has 0 aromatic heterocycles. The van der Waals surface area contributed by atoms with Gasteiger partial charge < -0.3 is 10.1 Å². The summed E-state index contributed by atoms with van der Waals surface area (Å²) < 4.78 is 6.45. The number of nitrogens with one attached hydrogen (secondary N) is 1. The molecule has 0 amide bonds. The summed E-state index contributed by atoms with van der Waals surface area (Å²) >= 11 is 0. The van der Waals surface area contributed by atoms with Gasteiger partial charge in [0.25, 0.3) is 0 Å². The van der Waals surface area contributed by atoms with E-state index in [4.69, 9.17) is 4.74 Å². The number of ether oxygens (including phenoxy) is 1. The molecule has 1 aromatic rings. The normalized spacial score (nSPS) is 32.0. The lowest BCUT2D eigenvalue weighted by Gasteiger charge is -2.25. The van der Waals surface area contributed by atoms with Crippen LogP contribution in [-0.4, -0.2) is 11.7 Å². The van der Waals surface area contributed by atoms with Crippen LogP contribution in [0.1, 0.15) is 62.1 Å². The van der Waals surface area contributed by atoms with Crippen molar-refractivity contribution in [2.24, 2.45) is 0 Å². The Bertz CT molecular complexity index is 464. The highest BCUT2D eigenvalue weighted by Crippen LogP contribution is 2.45. The first-order valence-electron chi connectivity index (χ1n) is 7.84. The Hall–Kier alpha value is -0.860. The Balaban J connectivity index is 1.43. The smallest absolute Gasteiger partial charge is 0.0687 e. The minimum absolute atomic E-state index is 0.281. The fourth-order valence-corrected chi connectivity index (χ4v) is 4.30. The molecule has 2 aliphatic heterocycles. The predicted octanol–water partition coefficient (Wildman–Crippen LogP) is 3.71. The van der Waals surface area contributed by atoms with Crippen molar-refractivity contribution in [1.29, 1.82) is 0 Å². The molecule has 2 nitrogen and oxygen atoms in total. The van der Waals surface area contributed by atoms with E-state index in [9.17, 15) is 0 Å². The van der Waals surface area contributed by atoms with Gasteiger partial charge in [-0.25, -0.2) is 0 Å². The molecule has 1 aromatic carbocycles. The number of rotatable bonds is 2. The SMILES string of the molecule is c1ccc2c(c1)CNC2CC1CCC2(CCCC2)O1. The van der Waals surface area contributed by atoms with Crippen molar-refractivity contribution >= 4 is 0 Å². The van der Waals surface area contributed by atoms with Gasteiger partial charge in [-0.15, -0.1) is 0 Å². The quantitative estimate of drug-likeness (QED) is 0.872. The van der Waals surface area contributed by atoms with Crippen LogP contribution in [0.15, 0.2) is 24.3 Å². The van der Waals surface area contributed by atoms with Gasteiger partial charge in [-0.1, -0.05) is 37.1 Å². The molecule has 2 heterocycles.